The van der Waals surface area contributed by atoms with Gasteiger partial charge in [0.2, 0.25) is 0 Å². The van der Waals surface area contributed by atoms with Gasteiger partial charge in [-0.05, 0) is 43.9 Å². The second-order valence-electron chi connectivity index (χ2n) is 5.21. The minimum Gasteiger partial charge on any atom is -0.481 e. The number of hydrogen-bond donors (Lipinski definition) is 2. The van der Waals surface area contributed by atoms with Crippen LogP contribution in [0, 0.1) is 0 Å². The molecule has 106 valence electrons. The number of anilines is 1. The molecule has 20 heavy (non-hydrogen) atoms. The first-order valence-corrected chi connectivity index (χ1v) is 6.81. The van der Waals surface area contributed by atoms with Crippen LogP contribution in [0.4, 0.5) is 5.69 Å². The van der Waals surface area contributed by atoms with Gasteiger partial charge < -0.3 is 10.4 Å². The van der Waals surface area contributed by atoms with E-state index in [1.165, 1.54) is 0 Å². The van der Waals surface area contributed by atoms with Crippen LogP contribution < -0.4 is 5.32 Å². The van der Waals surface area contributed by atoms with Gasteiger partial charge in [0, 0.05) is 11.3 Å². The van der Waals surface area contributed by atoms with E-state index in [0.29, 0.717) is 24.1 Å². The van der Waals surface area contributed by atoms with Crippen molar-refractivity contribution in [2.24, 2.45) is 0 Å². The van der Waals surface area contributed by atoms with Crippen molar-refractivity contribution in [1.29, 1.82) is 0 Å². The Kier molecular flexibility index (Phi) is 3.93. The molecule has 1 fully saturated rings. The average Bonchev–Trinajstić information content (AvgIpc) is 3.21. The predicted octanol–water partition coefficient (Wildman–Crippen LogP) is 3.10. The Morgan fingerprint density at radius 1 is 1.30 bits per heavy atom. The summed E-state index contributed by atoms with van der Waals surface area (Å²) in [6, 6.07) is 7.09. The molecule has 0 unspecified atom stereocenters. The largest absolute Gasteiger partial charge is 0.481 e. The van der Waals surface area contributed by atoms with E-state index in [1.54, 1.807) is 31.2 Å². The maximum atomic E-state index is 11.8. The average molecular weight is 273 g/mol. The molecule has 0 atom stereocenters. The third kappa shape index (κ3) is 2.74. The normalized spacial score (nSPS) is 16.6. The number of carboxylic acid groups (broad SMARTS) is 1. The van der Waals surface area contributed by atoms with Crippen molar-refractivity contribution in [3.05, 3.63) is 41.5 Å². The Hall–Kier alpha value is -2.10. The number of hydrogen-bond acceptors (Lipinski definition) is 2. The maximum Gasteiger partial charge on any atom is 0.314 e. The number of allylic oxidation sites excluding steroid dienone is 1. The van der Waals surface area contributed by atoms with Crippen LogP contribution in [0.1, 0.15) is 38.7 Å². The van der Waals surface area contributed by atoms with Crippen molar-refractivity contribution in [2.45, 2.75) is 38.5 Å². The van der Waals surface area contributed by atoms with E-state index in [9.17, 15) is 14.7 Å². The molecule has 4 heteroatoms. The first-order chi connectivity index (χ1) is 9.49. The summed E-state index contributed by atoms with van der Waals surface area (Å²) in [6.45, 7) is 3.75. The molecule has 0 bridgehead atoms. The van der Waals surface area contributed by atoms with Gasteiger partial charge in [-0.2, -0.15) is 0 Å². The van der Waals surface area contributed by atoms with E-state index in [0.717, 1.165) is 12.0 Å². The van der Waals surface area contributed by atoms with E-state index in [4.69, 9.17) is 0 Å². The highest BCUT2D eigenvalue weighted by Crippen LogP contribution is 2.48. The summed E-state index contributed by atoms with van der Waals surface area (Å²) in [5, 5.41) is 12.0. The number of nitrogens with one attached hydrogen (secondary N) is 1. The summed E-state index contributed by atoms with van der Waals surface area (Å²) in [5.74, 6) is -0.894. The molecule has 0 radical (unpaired) electrons. The third-order valence-electron chi connectivity index (χ3n) is 3.72. The smallest absolute Gasteiger partial charge is 0.314 e. The Morgan fingerprint density at radius 3 is 2.35 bits per heavy atom. The van der Waals surface area contributed by atoms with Crippen molar-refractivity contribution >= 4 is 17.6 Å². The van der Waals surface area contributed by atoms with Crippen molar-refractivity contribution in [3.63, 3.8) is 0 Å². The highest BCUT2D eigenvalue weighted by Gasteiger charge is 2.51. The van der Waals surface area contributed by atoms with Crippen molar-refractivity contribution in [2.75, 3.05) is 5.32 Å². The molecule has 1 amide bonds. The fraction of sp³-hybridized carbons (Fsp3) is 0.375. The highest BCUT2D eigenvalue weighted by molar-refractivity contribution is 6.03. The quantitative estimate of drug-likeness (QED) is 0.810. The molecule has 1 aromatic rings. The predicted molar refractivity (Wildman–Crippen MR) is 77.7 cm³/mol. The number of carboxylic acids is 1. The topological polar surface area (TPSA) is 66.4 Å². The summed E-state index contributed by atoms with van der Waals surface area (Å²) in [4.78, 5) is 23.1. The summed E-state index contributed by atoms with van der Waals surface area (Å²) in [5.41, 5.74) is 1.48. The van der Waals surface area contributed by atoms with Crippen LogP contribution >= 0.6 is 0 Å². The van der Waals surface area contributed by atoms with Gasteiger partial charge in [0.15, 0.2) is 0 Å². The lowest BCUT2D eigenvalue weighted by Crippen LogP contribution is -2.19. The van der Waals surface area contributed by atoms with Gasteiger partial charge in [-0.1, -0.05) is 25.1 Å². The van der Waals surface area contributed by atoms with Gasteiger partial charge in [-0.3, -0.25) is 9.59 Å². The molecule has 1 aromatic carbocycles. The number of rotatable bonds is 5. The molecule has 0 aliphatic heterocycles. The van der Waals surface area contributed by atoms with E-state index >= 15 is 0 Å². The first-order valence-electron chi connectivity index (χ1n) is 6.81. The van der Waals surface area contributed by atoms with Gasteiger partial charge in [-0.15, -0.1) is 0 Å². The minimum absolute atomic E-state index is 0.126. The van der Waals surface area contributed by atoms with Crippen LogP contribution in [0.15, 0.2) is 35.9 Å². The zero-order valence-corrected chi connectivity index (χ0v) is 11.8. The number of amides is 1. The highest BCUT2D eigenvalue weighted by atomic mass is 16.4. The summed E-state index contributed by atoms with van der Waals surface area (Å²) in [6.07, 6.45) is 4.06. The summed E-state index contributed by atoms with van der Waals surface area (Å²) >= 11 is 0. The van der Waals surface area contributed by atoms with Crippen LogP contribution in [-0.4, -0.2) is 17.0 Å². The molecule has 2 rings (SSSR count). The molecule has 1 aliphatic rings. The molecule has 0 spiro atoms. The lowest BCUT2D eigenvalue weighted by molar-refractivity contribution is -0.140. The minimum atomic E-state index is -0.768. The lowest BCUT2D eigenvalue weighted by Gasteiger charge is -2.11. The van der Waals surface area contributed by atoms with Crippen molar-refractivity contribution < 1.29 is 14.7 Å². The van der Waals surface area contributed by atoms with E-state index in [-0.39, 0.29) is 5.91 Å². The van der Waals surface area contributed by atoms with Crippen LogP contribution in [0.5, 0.6) is 0 Å². The number of aliphatic carboxylic acids is 1. The van der Waals surface area contributed by atoms with Crippen LogP contribution in [0.2, 0.25) is 0 Å². The second kappa shape index (κ2) is 5.49. The molecule has 1 aliphatic carbocycles. The van der Waals surface area contributed by atoms with Gasteiger partial charge in [0.1, 0.15) is 0 Å². The molecule has 0 saturated heterocycles. The summed E-state index contributed by atoms with van der Waals surface area (Å²) in [7, 11) is 0. The molecular formula is C16H19NO3. The first kappa shape index (κ1) is 14.3. The number of carbonyl (C=O) groups is 2. The Morgan fingerprint density at radius 2 is 1.90 bits per heavy atom. The fourth-order valence-electron chi connectivity index (χ4n) is 2.25. The maximum absolute atomic E-state index is 11.8. The van der Waals surface area contributed by atoms with Crippen LogP contribution in [0.3, 0.4) is 0 Å². The molecule has 1 saturated carbocycles. The number of benzene rings is 1. The van der Waals surface area contributed by atoms with Crippen molar-refractivity contribution in [3.8, 4) is 0 Å². The third-order valence-corrected chi connectivity index (χ3v) is 3.72. The zero-order valence-electron chi connectivity index (χ0n) is 11.8. The second-order valence-corrected chi connectivity index (χ2v) is 5.21. The molecule has 0 aromatic heterocycles. The van der Waals surface area contributed by atoms with Crippen LogP contribution in [0.25, 0.3) is 0 Å². The Bertz CT molecular complexity index is 554. The zero-order chi connectivity index (χ0) is 14.8. The molecule has 2 N–H and O–H groups in total. The lowest BCUT2D eigenvalue weighted by atomic mass is 9.96. The Balaban J connectivity index is 2.08. The Labute approximate surface area is 118 Å². The van der Waals surface area contributed by atoms with Gasteiger partial charge in [0.05, 0.1) is 5.41 Å². The van der Waals surface area contributed by atoms with Gasteiger partial charge in [-0.25, -0.2) is 0 Å². The fourth-order valence-corrected chi connectivity index (χ4v) is 2.25. The number of carbonyl (C=O) groups excluding carboxylic acids is 1. The van der Waals surface area contributed by atoms with Gasteiger partial charge >= 0.3 is 5.97 Å². The van der Waals surface area contributed by atoms with E-state index in [2.05, 4.69) is 5.32 Å². The van der Waals surface area contributed by atoms with E-state index < -0.39 is 11.4 Å². The molecule has 4 nitrogen and oxygen atoms in total. The summed E-state index contributed by atoms with van der Waals surface area (Å²) < 4.78 is 0. The molecule has 0 heterocycles. The molecular weight excluding hydrogens is 254 g/mol. The van der Waals surface area contributed by atoms with Crippen LogP contribution in [-0.2, 0) is 15.0 Å². The van der Waals surface area contributed by atoms with Gasteiger partial charge in [0.25, 0.3) is 5.91 Å². The van der Waals surface area contributed by atoms with E-state index in [1.807, 2.05) is 13.0 Å². The van der Waals surface area contributed by atoms with Crippen molar-refractivity contribution in [1.82, 2.24) is 0 Å². The monoisotopic (exact) mass is 273 g/mol. The standard InChI is InChI=1S/C16H19NO3/c1-3-4-11(2)14(18)17-13-7-5-12(6-8-13)16(9-10-16)15(19)20/h4-8H,3,9-10H2,1-2H3,(H,17,18)(H,19,20)/b11-4-. The SMILES string of the molecule is CC/C=C(/C)C(=O)Nc1ccc(C2(C(=O)O)CC2)cc1.